The molecule has 1 atom stereocenters. The number of carboxylic acid groups (broad SMARTS) is 1. The van der Waals surface area contributed by atoms with E-state index in [1.165, 1.54) is 10.5 Å². The highest BCUT2D eigenvalue weighted by Crippen LogP contribution is 2.17. The molecule has 3 rings (SSSR count). The van der Waals surface area contributed by atoms with Gasteiger partial charge in [0.2, 0.25) is 0 Å². The Morgan fingerprint density at radius 3 is 2.12 bits per heavy atom. The molecule has 0 aliphatic carbocycles. The first-order valence-electron chi connectivity index (χ1n) is 8.47. The molecule has 25 heavy (non-hydrogen) atoms. The maximum atomic E-state index is 12.1. The van der Waals surface area contributed by atoms with E-state index in [9.17, 15) is 9.59 Å². The van der Waals surface area contributed by atoms with Gasteiger partial charge in [-0.1, -0.05) is 60.7 Å². The van der Waals surface area contributed by atoms with Crippen molar-refractivity contribution in [2.24, 2.45) is 0 Å². The van der Waals surface area contributed by atoms with Crippen molar-refractivity contribution in [3.8, 4) is 0 Å². The summed E-state index contributed by atoms with van der Waals surface area (Å²) in [7, 11) is 0. The van der Waals surface area contributed by atoms with Crippen LogP contribution in [0.1, 0.15) is 11.1 Å². The summed E-state index contributed by atoms with van der Waals surface area (Å²) < 4.78 is 0. The number of aliphatic carboxylic acids is 1. The summed E-state index contributed by atoms with van der Waals surface area (Å²) in [4.78, 5) is 27.0. The van der Waals surface area contributed by atoms with Crippen molar-refractivity contribution in [2.75, 3.05) is 19.6 Å². The van der Waals surface area contributed by atoms with Crippen LogP contribution in [0.2, 0.25) is 0 Å². The lowest BCUT2D eigenvalue weighted by Gasteiger charge is -2.41. The Balaban J connectivity index is 1.74. The molecular weight excluding hydrogens is 316 g/mol. The highest BCUT2D eigenvalue weighted by molar-refractivity contribution is 6.31. The van der Waals surface area contributed by atoms with Crippen LogP contribution in [-0.2, 0) is 22.6 Å². The van der Waals surface area contributed by atoms with Gasteiger partial charge in [0, 0.05) is 32.2 Å². The van der Waals surface area contributed by atoms with Crippen molar-refractivity contribution in [1.29, 1.82) is 0 Å². The van der Waals surface area contributed by atoms with Crippen molar-refractivity contribution in [3.63, 3.8) is 0 Å². The first kappa shape index (κ1) is 17.2. The van der Waals surface area contributed by atoms with Gasteiger partial charge in [-0.25, -0.2) is 4.79 Å². The largest absolute Gasteiger partial charge is 0.474 e. The number of carbonyl (C=O) groups is 2. The van der Waals surface area contributed by atoms with E-state index in [4.69, 9.17) is 5.11 Å². The second-order valence-electron chi connectivity index (χ2n) is 6.37. The number of nitrogens with zero attached hydrogens (tertiary/aromatic N) is 2. The standard InChI is InChI=1S/C20H22N2O3/c23-19(20(24)25)22-12-11-21(14-17-9-5-2-6-10-17)15-18(22)13-16-7-3-1-4-8-16/h1-10,18H,11-15H2,(H,24,25)/t18-/m1/s1. The van der Waals surface area contributed by atoms with Gasteiger partial charge >= 0.3 is 11.9 Å². The van der Waals surface area contributed by atoms with Crippen LogP contribution in [0.3, 0.4) is 0 Å². The van der Waals surface area contributed by atoms with Crippen LogP contribution >= 0.6 is 0 Å². The molecule has 2 aromatic carbocycles. The average molecular weight is 338 g/mol. The zero-order valence-electron chi connectivity index (χ0n) is 14.0. The van der Waals surface area contributed by atoms with E-state index >= 15 is 0 Å². The van der Waals surface area contributed by atoms with E-state index in [-0.39, 0.29) is 6.04 Å². The predicted octanol–water partition coefficient (Wildman–Crippen LogP) is 2.03. The van der Waals surface area contributed by atoms with Crippen LogP contribution < -0.4 is 0 Å². The molecule has 1 heterocycles. The lowest BCUT2D eigenvalue weighted by molar-refractivity contribution is -0.158. The lowest BCUT2D eigenvalue weighted by Crippen LogP contribution is -2.57. The molecule has 5 nitrogen and oxygen atoms in total. The molecule has 1 N–H and O–H groups in total. The highest BCUT2D eigenvalue weighted by Gasteiger charge is 2.33. The van der Waals surface area contributed by atoms with Crippen LogP contribution in [0.4, 0.5) is 0 Å². The van der Waals surface area contributed by atoms with Crippen LogP contribution in [0.25, 0.3) is 0 Å². The Kier molecular flexibility index (Phi) is 5.46. The van der Waals surface area contributed by atoms with Crippen LogP contribution in [0, 0.1) is 0 Å². The summed E-state index contributed by atoms with van der Waals surface area (Å²) in [5, 5.41) is 9.11. The number of piperazine rings is 1. The minimum Gasteiger partial charge on any atom is -0.474 e. The summed E-state index contributed by atoms with van der Waals surface area (Å²) >= 11 is 0. The molecule has 0 aromatic heterocycles. The Hall–Kier alpha value is -2.66. The topological polar surface area (TPSA) is 60.9 Å². The normalized spacial score (nSPS) is 18.1. The minimum atomic E-state index is -1.38. The number of amides is 1. The SMILES string of the molecule is O=C(O)C(=O)N1CCN(Cc2ccccc2)C[C@H]1Cc1ccccc1. The molecule has 1 fully saturated rings. The third kappa shape index (κ3) is 4.45. The van der Waals surface area contributed by atoms with E-state index in [0.717, 1.165) is 12.1 Å². The molecule has 0 spiro atoms. The van der Waals surface area contributed by atoms with Gasteiger partial charge in [-0.3, -0.25) is 9.69 Å². The summed E-state index contributed by atoms with van der Waals surface area (Å²) in [6.07, 6.45) is 0.658. The number of benzene rings is 2. The zero-order valence-corrected chi connectivity index (χ0v) is 14.0. The van der Waals surface area contributed by atoms with Crippen LogP contribution in [-0.4, -0.2) is 52.5 Å². The van der Waals surface area contributed by atoms with Gasteiger partial charge in [-0.15, -0.1) is 0 Å². The van der Waals surface area contributed by atoms with E-state index < -0.39 is 11.9 Å². The number of carboxylic acids is 1. The van der Waals surface area contributed by atoms with Gasteiger partial charge in [0.1, 0.15) is 0 Å². The molecule has 0 unspecified atom stereocenters. The van der Waals surface area contributed by atoms with Crippen molar-refractivity contribution < 1.29 is 14.7 Å². The molecule has 1 aliphatic rings. The van der Waals surface area contributed by atoms with Crippen molar-refractivity contribution in [1.82, 2.24) is 9.80 Å². The third-order valence-corrected chi connectivity index (χ3v) is 4.57. The van der Waals surface area contributed by atoms with Crippen LogP contribution in [0.5, 0.6) is 0 Å². The Labute approximate surface area is 147 Å². The van der Waals surface area contributed by atoms with Gasteiger partial charge in [0.15, 0.2) is 0 Å². The second kappa shape index (κ2) is 7.94. The summed E-state index contributed by atoms with van der Waals surface area (Å²) in [5.74, 6) is -2.19. The summed E-state index contributed by atoms with van der Waals surface area (Å²) in [6.45, 7) is 2.60. The molecule has 0 saturated carbocycles. The molecular formula is C20H22N2O3. The van der Waals surface area contributed by atoms with E-state index in [1.807, 2.05) is 48.5 Å². The number of hydrogen-bond donors (Lipinski definition) is 1. The molecule has 0 radical (unpaired) electrons. The fraction of sp³-hybridized carbons (Fsp3) is 0.300. The number of rotatable bonds is 4. The Morgan fingerprint density at radius 1 is 0.920 bits per heavy atom. The fourth-order valence-electron chi connectivity index (χ4n) is 3.36. The Morgan fingerprint density at radius 2 is 1.52 bits per heavy atom. The molecule has 2 aromatic rings. The minimum absolute atomic E-state index is 0.136. The van der Waals surface area contributed by atoms with E-state index in [2.05, 4.69) is 17.0 Å². The first-order chi connectivity index (χ1) is 12.1. The van der Waals surface area contributed by atoms with Crippen molar-refractivity contribution >= 4 is 11.9 Å². The predicted molar refractivity (Wildman–Crippen MR) is 95.0 cm³/mol. The molecule has 1 saturated heterocycles. The van der Waals surface area contributed by atoms with Crippen molar-refractivity contribution in [2.45, 2.75) is 19.0 Å². The van der Waals surface area contributed by atoms with Gasteiger partial charge in [0.05, 0.1) is 0 Å². The fourth-order valence-corrected chi connectivity index (χ4v) is 3.36. The maximum Gasteiger partial charge on any atom is 0.394 e. The van der Waals surface area contributed by atoms with E-state index in [0.29, 0.717) is 26.1 Å². The Bertz CT molecular complexity index is 718. The smallest absolute Gasteiger partial charge is 0.394 e. The van der Waals surface area contributed by atoms with Gasteiger partial charge < -0.3 is 10.0 Å². The van der Waals surface area contributed by atoms with Gasteiger partial charge in [0.25, 0.3) is 0 Å². The summed E-state index contributed by atoms with van der Waals surface area (Å²) in [6, 6.07) is 20.0. The summed E-state index contributed by atoms with van der Waals surface area (Å²) in [5.41, 5.74) is 2.33. The monoisotopic (exact) mass is 338 g/mol. The van der Waals surface area contributed by atoms with Crippen molar-refractivity contribution in [3.05, 3.63) is 71.8 Å². The number of hydrogen-bond acceptors (Lipinski definition) is 3. The van der Waals surface area contributed by atoms with E-state index in [1.54, 1.807) is 0 Å². The lowest BCUT2D eigenvalue weighted by atomic mass is 10.0. The molecule has 0 bridgehead atoms. The molecule has 5 heteroatoms. The number of carbonyl (C=O) groups excluding carboxylic acids is 1. The third-order valence-electron chi connectivity index (χ3n) is 4.57. The quantitative estimate of drug-likeness (QED) is 0.867. The first-order valence-corrected chi connectivity index (χ1v) is 8.47. The van der Waals surface area contributed by atoms with Crippen LogP contribution in [0.15, 0.2) is 60.7 Å². The van der Waals surface area contributed by atoms with Gasteiger partial charge in [-0.05, 0) is 17.5 Å². The average Bonchev–Trinajstić information content (AvgIpc) is 2.63. The maximum absolute atomic E-state index is 12.1. The van der Waals surface area contributed by atoms with Gasteiger partial charge in [-0.2, -0.15) is 0 Å². The molecule has 1 aliphatic heterocycles. The highest BCUT2D eigenvalue weighted by atomic mass is 16.4. The molecule has 1 amide bonds. The zero-order chi connectivity index (χ0) is 17.6. The second-order valence-corrected chi connectivity index (χ2v) is 6.37. The molecule has 130 valence electrons.